The molecule has 1 atom stereocenters. The average molecular weight is 488 g/mol. The third kappa shape index (κ3) is 4.72. The number of aromatic amines is 1. The number of sulfone groups is 1. The van der Waals surface area contributed by atoms with Gasteiger partial charge in [-0.3, -0.25) is 9.69 Å². The van der Waals surface area contributed by atoms with E-state index in [1.807, 2.05) is 4.90 Å². The second-order valence-electron chi connectivity index (χ2n) is 9.15. The summed E-state index contributed by atoms with van der Waals surface area (Å²) in [5.74, 6) is -0.205. The molecule has 3 heterocycles. The van der Waals surface area contributed by atoms with E-state index in [9.17, 15) is 22.0 Å². The van der Waals surface area contributed by atoms with Gasteiger partial charge in [-0.25, -0.2) is 17.2 Å². The number of benzene rings is 2. The summed E-state index contributed by atoms with van der Waals surface area (Å²) >= 11 is 0. The molecule has 9 heteroatoms. The van der Waals surface area contributed by atoms with Crippen LogP contribution < -0.4 is 0 Å². The van der Waals surface area contributed by atoms with Gasteiger partial charge in [0.05, 0.1) is 11.5 Å². The molecule has 0 bridgehead atoms. The Morgan fingerprint density at radius 2 is 1.71 bits per heavy atom. The van der Waals surface area contributed by atoms with Gasteiger partial charge in [0, 0.05) is 55.2 Å². The molecule has 5 rings (SSSR count). The molecule has 34 heavy (non-hydrogen) atoms. The summed E-state index contributed by atoms with van der Waals surface area (Å²) in [6, 6.07) is 10.7. The smallest absolute Gasteiger partial charge is 0.222 e. The van der Waals surface area contributed by atoms with Crippen molar-refractivity contribution in [3.63, 3.8) is 0 Å². The number of hydrogen-bond acceptors (Lipinski definition) is 4. The number of amides is 1. The summed E-state index contributed by atoms with van der Waals surface area (Å²) in [5, 5.41) is 0.722. The van der Waals surface area contributed by atoms with Gasteiger partial charge in [0.2, 0.25) is 5.91 Å². The third-order valence-corrected chi connectivity index (χ3v) is 8.73. The minimum Gasteiger partial charge on any atom is -0.354 e. The fraction of sp³-hybridized carbons (Fsp3) is 0.400. The molecule has 0 spiro atoms. The maximum atomic E-state index is 14.0. The van der Waals surface area contributed by atoms with Crippen molar-refractivity contribution < 1.29 is 22.0 Å². The topological polar surface area (TPSA) is 73.5 Å². The summed E-state index contributed by atoms with van der Waals surface area (Å²) < 4.78 is 51.0. The van der Waals surface area contributed by atoms with Gasteiger partial charge < -0.3 is 9.88 Å². The van der Waals surface area contributed by atoms with E-state index in [1.165, 1.54) is 24.3 Å². The Bertz CT molecular complexity index is 1310. The number of rotatable bonds is 5. The van der Waals surface area contributed by atoms with E-state index in [4.69, 9.17) is 0 Å². The lowest BCUT2D eigenvalue weighted by atomic mass is 10.0. The first-order valence-electron chi connectivity index (χ1n) is 11.6. The molecule has 2 aliphatic heterocycles. The van der Waals surface area contributed by atoms with Gasteiger partial charge >= 0.3 is 0 Å². The number of carbonyl (C=O) groups excluding carboxylic acids is 1. The fourth-order valence-electron chi connectivity index (χ4n) is 5.13. The van der Waals surface area contributed by atoms with Crippen molar-refractivity contribution in [2.24, 2.45) is 0 Å². The Morgan fingerprint density at radius 3 is 2.38 bits per heavy atom. The number of aryl methyl sites for hydroxylation is 1. The van der Waals surface area contributed by atoms with Crippen molar-refractivity contribution in [3.8, 4) is 11.3 Å². The quantitative estimate of drug-likeness (QED) is 0.599. The largest absolute Gasteiger partial charge is 0.354 e. The van der Waals surface area contributed by atoms with Gasteiger partial charge in [-0.05, 0) is 66.4 Å². The molecule has 0 saturated carbocycles. The molecule has 2 aliphatic rings. The lowest BCUT2D eigenvalue weighted by molar-refractivity contribution is -0.133. The van der Waals surface area contributed by atoms with E-state index < -0.39 is 9.84 Å². The molecule has 0 radical (unpaired) electrons. The summed E-state index contributed by atoms with van der Waals surface area (Å²) in [7, 11) is -2.93. The van der Waals surface area contributed by atoms with E-state index in [1.54, 1.807) is 18.2 Å². The monoisotopic (exact) mass is 487 g/mol. The highest BCUT2D eigenvalue weighted by atomic mass is 32.2. The van der Waals surface area contributed by atoms with Gasteiger partial charge in [-0.15, -0.1) is 0 Å². The number of piperazine rings is 1. The van der Waals surface area contributed by atoms with Crippen LogP contribution in [-0.2, 0) is 21.1 Å². The van der Waals surface area contributed by atoms with E-state index in [0.717, 1.165) is 27.7 Å². The maximum absolute atomic E-state index is 14.0. The van der Waals surface area contributed by atoms with Crippen molar-refractivity contribution in [1.82, 2.24) is 14.8 Å². The molecule has 1 amide bonds. The lowest BCUT2D eigenvalue weighted by Gasteiger charge is -2.37. The highest BCUT2D eigenvalue weighted by molar-refractivity contribution is 7.91. The zero-order valence-electron chi connectivity index (χ0n) is 18.8. The number of H-pyrrole nitrogens is 1. The molecule has 1 aromatic heterocycles. The summed E-state index contributed by atoms with van der Waals surface area (Å²) in [4.78, 5) is 20.3. The summed E-state index contributed by atoms with van der Waals surface area (Å²) in [5.41, 5.74) is 3.15. The van der Waals surface area contributed by atoms with Gasteiger partial charge in [-0.2, -0.15) is 0 Å². The molecule has 3 aromatic rings. The van der Waals surface area contributed by atoms with Crippen LogP contribution in [0.3, 0.4) is 0 Å². The van der Waals surface area contributed by atoms with E-state index in [0.29, 0.717) is 39.0 Å². The van der Waals surface area contributed by atoms with Crippen LogP contribution in [0.5, 0.6) is 0 Å². The van der Waals surface area contributed by atoms with Gasteiger partial charge in [0.25, 0.3) is 0 Å². The van der Waals surface area contributed by atoms with Crippen LogP contribution in [0.1, 0.15) is 18.4 Å². The minimum atomic E-state index is -2.93. The zero-order chi connectivity index (χ0) is 23.9. The standard InChI is InChI=1S/C25H27F2N3O3S/c26-18-3-1-17(2-4-18)25-21(22-15-19(27)5-7-23(22)28-25)6-8-24(31)30-12-10-29(11-13-30)20-9-14-34(32,33)16-20/h1-5,7,15,20,28H,6,8-14,16H2. The van der Waals surface area contributed by atoms with Crippen LogP contribution in [0.2, 0.25) is 0 Å². The van der Waals surface area contributed by atoms with Crippen LogP contribution in [-0.4, -0.2) is 72.8 Å². The molecular formula is C25H27F2N3O3S. The highest BCUT2D eigenvalue weighted by Crippen LogP contribution is 2.32. The van der Waals surface area contributed by atoms with Crippen LogP contribution >= 0.6 is 0 Å². The Labute approximate surface area is 197 Å². The number of nitrogens with one attached hydrogen (secondary N) is 1. The molecule has 2 saturated heterocycles. The van der Waals surface area contributed by atoms with E-state index in [-0.39, 0.29) is 41.5 Å². The first kappa shape index (κ1) is 23.0. The molecule has 6 nitrogen and oxygen atoms in total. The molecule has 1 unspecified atom stereocenters. The van der Waals surface area contributed by atoms with Crippen molar-refractivity contribution in [3.05, 3.63) is 59.7 Å². The second kappa shape index (κ2) is 9.11. The number of fused-ring (bicyclic) bond motifs is 1. The van der Waals surface area contributed by atoms with Gasteiger partial charge in [-0.1, -0.05) is 0 Å². The predicted molar refractivity (Wildman–Crippen MR) is 127 cm³/mol. The van der Waals surface area contributed by atoms with Gasteiger partial charge in [0.15, 0.2) is 9.84 Å². The molecular weight excluding hydrogens is 460 g/mol. The van der Waals surface area contributed by atoms with E-state index in [2.05, 4.69) is 9.88 Å². The first-order chi connectivity index (χ1) is 16.3. The molecule has 1 N–H and O–H groups in total. The Morgan fingerprint density at radius 1 is 1.00 bits per heavy atom. The number of aromatic nitrogens is 1. The summed E-state index contributed by atoms with van der Waals surface area (Å²) in [6.45, 7) is 2.49. The SMILES string of the molecule is O=C(CCc1c(-c2ccc(F)cc2)[nH]c2ccc(F)cc12)N1CCN(C2CCS(=O)(=O)C2)CC1. The minimum absolute atomic E-state index is 0.0227. The van der Waals surface area contributed by atoms with Crippen molar-refractivity contribution in [2.75, 3.05) is 37.7 Å². The number of carbonyl (C=O) groups is 1. The summed E-state index contributed by atoms with van der Waals surface area (Å²) in [6.07, 6.45) is 1.37. The molecule has 2 aromatic carbocycles. The average Bonchev–Trinajstić information content (AvgIpc) is 3.37. The maximum Gasteiger partial charge on any atom is 0.222 e. The number of hydrogen-bond donors (Lipinski definition) is 1. The molecule has 0 aliphatic carbocycles. The predicted octanol–water partition coefficient (Wildman–Crippen LogP) is 3.38. The fourth-order valence-corrected chi connectivity index (χ4v) is 6.89. The van der Waals surface area contributed by atoms with Crippen LogP contribution in [0.15, 0.2) is 42.5 Å². The Hall–Kier alpha value is -2.78. The Kier molecular flexibility index (Phi) is 6.16. The molecule has 180 valence electrons. The van der Waals surface area contributed by atoms with E-state index >= 15 is 0 Å². The van der Waals surface area contributed by atoms with Crippen LogP contribution in [0, 0.1) is 11.6 Å². The first-order valence-corrected chi connectivity index (χ1v) is 13.4. The van der Waals surface area contributed by atoms with Crippen LogP contribution in [0.4, 0.5) is 8.78 Å². The number of halogens is 2. The second-order valence-corrected chi connectivity index (χ2v) is 11.4. The van der Waals surface area contributed by atoms with Crippen molar-refractivity contribution in [2.45, 2.75) is 25.3 Å². The number of nitrogens with zero attached hydrogens (tertiary/aromatic N) is 2. The third-order valence-electron chi connectivity index (χ3n) is 6.98. The molecule has 2 fully saturated rings. The normalized spacial score (nSPS) is 20.8. The van der Waals surface area contributed by atoms with Crippen LogP contribution in [0.25, 0.3) is 22.2 Å². The van der Waals surface area contributed by atoms with Crippen molar-refractivity contribution >= 4 is 26.6 Å². The lowest BCUT2D eigenvalue weighted by Crippen LogP contribution is -2.52. The van der Waals surface area contributed by atoms with Gasteiger partial charge in [0.1, 0.15) is 11.6 Å². The highest BCUT2D eigenvalue weighted by Gasteiger charge is 2.34. The Balaban J connectivity index is 1.28. The zero-order valence-corrected chi connectivity index (χ0v) is 19.6. The van der Waals surface area contributed by atoms with Crippen molar-refractivity contribution in [1.29, 1.82) is 0 Å².